The van der Waals surface area contributed by atoms with Crippen LogP contribution in [0.5, 0.6) is 5.75 Å². The molecule has 0 spiro atoms. The highest BCUT2D eigenvalue weighted by Crippen LogP contribution is 2.26. The van der Waals surface area contributed by atoms with E-state index >= 15 is 0 Å². The topological polar surface area (TPSA) is 32.8 Å². The molecule has 1 fully saturated rings. The molecule has 1 saturated heterocycles. The molecule has 0 aromatic heterocycles. The van der Waals surface area contributed by atoms with Crippen LogP contribution in [-0.4, -0.2) is 55.0 Å². The first kappa shape index (κ1) is 17.4. The lowest BCUT2D eigenvalue weighted by Crippen LogP contribution is -2.50. The maximum Gasteiger partial charge on any atom is 0.260 e. The first-order valence-electron chi connectivity index (χ1n) is 7.53. The van der Waals surface area contributed by atoms with E-state index < -0.39 is 0 Å². The van der Waals surface area contributed by atoms with Crippen molar-refractivity contribution in [2.75, 3.05) is 39.3 Å². The number of piperazine rings is 1. The molecule has 22 heavy (non-hydrogen) atoms. The second kappa shape index (κ2) is 8.04. The van der Waals surface area contributed by atoms with Crippen LogP contribution < -0.4 is 4.74 Å². The Kier molecular flexibility index (Phi) is 6.36. The van der Waals surface area contributed by atoms with Gasteiger partial charge in [0.1, 0.15) is 5.75 Å². The maximum atomic E-state index is 12.2. The van der Waals surface area contributed by atoms with Crippen molar-refractivity contribution < 1.29 is 9.53 Å². The molecule has 1 aromatic carbocycles. The van der Waals surface area contributed by atoms with Gasteiger partial charge < -0.3 is 9.64 Å². The summed E-state index contributed by atoms with van der Waals surface area (Å²) in [7, 11) is 0. The van der Waals surface area contributed by atoms with E-state index in [2.05, 4.69) is 18.7 Å². The number of ether oxygens (including phenoxy) is 1. The molecular weight excluding hydrogens is 323 g/mol. The van der Waals surface area contributed by atoms with E-state index in [0.717, 1.165) is 32.7 Å². The minimum Gasteiger partial charge on any atom is -0.484 e. The third-order valence-corrected chi connectivity index (χ3v) is 4.34. The summed E-state index contributed by atoms with van der Waals surface area (Å²) in [5, 5.41) is 0.899. The number of amides is 1. The molecular formula is C16H22Cl2N2O2. The van der Waals surface area contributed by atoms with Crippen molar-refractivity contribution in [2.24, 2.45) is 5.92 Å². The number of hydrogen-bond acceptors (Lipinski definition) is 3. The zero-order valence-electron chi connectivity index (χ0n) is 13.0. The van der Waals surface area contributed by atoms with E-state index in [9.17, 15) is 4.79 Å². The van der Waals surface area contributed by atoms with Gasteiger partial charge in [0.25, 0.3) is 5.91 Å². The average Bonchev–Trinajstić information content (AvgIpc) is 2.48. The highest BCUT2D eigenvalue weighted by Gasteiger charge is 2.21. The monoisotopic (exact) mass is 344 g/mol. The number of nitrogens with zero attached hydrogens (tertiary/aromatic N) is 2. The Morgan fingerprint density at radius 3 is 2.45 bits per heavy atom. The molecule has 1 amide bonds. The van der Waals surface area contributed by atoms with Crippen molar-refractivity contribution in [3.05, 3.63) is 28.2 Å². The predicted octanol–water partition coefficient (Wildman–Crippen LogP) is 3.17. The molecule has 1 heterocycles. The van der Waals surface area contributed by atoms with Gasteiger partial charge in [0.05, 0.1) is 10.0 Å². The van der Waals surface area contributed by atoms with Crippen molar-refractivity contribution in [2.45, 2.75) is 13.8 Å². The molecule has 0 bridgehead atoms. The molecule has 0 saturated carbocycles. The second-order valence-corrected chi connectivity index (χ2v) is 6.75. The zero-order valence-corrected chi connectivity index (χ0v) is 14.5. The Balaban J connectivity index is 1.77. The minimum absolute atomic E-state index is 0.00951. The lowest BCUT2D eigenvalue weighted by Gasteiger charge is -2.35. The van der Waals surface area contributed by atoms with Gasteiger partial charge in [-0.1, -0.05) is 37.0 Å². The smallest absolute Gasteiger partial charge is 0.260 e. The van der Waals surface area contributed by atoms with Gasteiger partial charge in [-0.05, 0) is 18.1 Å². The molecule has 0 N–H and O–H groups in total. The molecule has 122 valence electrons. The summed E-state index contributed by atoms with van der Waals surface area (Å²) in [5.74, 6) is 1.22. The number of carbonyl (C=O) groups excluding carboxylic acids is 1. The molecule has 1 aliphatic rings. The van der Waals surface area contributed by atoms with E-state index in [0.29, 0.717) is 21.7 Å². The van der Waals surface area contributed by atoms with Crippen LogP contribution in [0.3, 0.4) is 0 Å². The fraction of sp³-hybridized carbons (Fsp3) is 0.562. The Morgan fingerprint density at radius 1 is 1.18 bits per heavy atom. The van der Waals surface area contributed by atoms with E-state index in [4.69, 9.17) is 27.9 Å². The van der Waals surface area contributed by atoms with Crippen molar-refractivity contribution in [3.8, 4) is 5.75 Å². The first-order chi connectivity index (χ1) is 10.5. The van der Waals surface area contributed by atoms with Crippen LogP contribution in [-0.2, 0) is 4.79 Å². The quantitative estimate of drug-likeness (QED) is 0.822. The molecule has 1 aromatic rings. The van der Waals surface area contributed by atoms with Crippen LogP contribution in [0.25, 0.3) is 0 Å². The average molecular weight is 345 g/mol. The zero-order chi connectivity index (χ0) is 16.1. The molecule has 0 aliphatic carbocycles. The summed E-state index contributed by atoms with van der Waals surface area (Å²) in [6, 6.07) is 4.99. The van der Waals surface area contributed by atoms with Crippen molar-refractivity contribution in [1.29, 1.82) is 0 Å². The van der Waals surface area contributed by atoms with Crippen molar-refractivity contribution in [1.82, 2.24) is 9.80 Å². The fourth-order valence-electron chi connectivity index (χ4n) is 2.50. The molecule has 0 radical (unpaired) electrons. The molecule has 1 aliphatic heterocycles. The van der Waals surface area contributed by atoms with Crippen LogP contribution in [0.1, 0.15) is 13.8 Å². The molecule has 0 unspecified atom stereocenters. The summed E-state index contributed by atoms with van der Waals surface area (Å²) >= 11 is 11.8. The SMILES string of the molecule is CC(C)CN1CCN(C(=O)COc2ccc(Cl)c(Cl)c2)CC1. The van der Waals surface area contributed by atoms with E-state index in [1.165, 1.54) is 0 Å². The Morgan fingerprint density at radius 2 is 1.86 bits per heavy atom. The Labute approximate surface area is 141 Å². The Bertz CT molecular complexity index is 515. The van der Waals surface area contributed by atoms with Crippen LogP contribution in [0.15, 0.2) is 18.2 Å². The summed E-state index contributed by atoms with van der Waals surface area (Å²) in [6.07, 6.45) is 0. The van der Waals surface area contributed by atoms with Gasteiger partial charge in [0.2, 0.25) is 0 Å². The van der Waals surface area contributed by atoms with Gasteiger partial charge in [-0.15, -0.1) is 0 Å². The van der Waals surface area contributed by atoms with Gasteiger partial charge in [-0.25, -0.2) is 0 Å². The van der Waals surface area contributed by atoms with Crippen molar-refractivity contribution in [3.63, 3.8) is 0 Å². The van der Waals surface area contributed by atoms with Gasteiger partial charge in [0.15, 0.2) is 6.61 Å². The Hall–Kier alpha value is -0.970. The summed E-state index contributed by atoms with van der Waals surface area (Å²) < 4.78 is 5.50. The van der Waals surface area contributed by atoms with Crippen LogP contribution in [0, 0.1) is 5.92 Å². The molecule has 4 nitrogen and oxygen atoms in total. The summed E-state index contributed by atoms with van der Waals surface area (Å²) in [6.45, 7) is 8.91. The second-order valence-electron chi connectivity index (χ2n) is 5.94. The number of benzene rings is 1. The van der Waals surface area contributed by atoms with Gasteiger partial charge in [0, 0.05) is 38.8 Å². The molecule has 0 atom stereocenters. The molecule has 6 heteroatoms. The van der Waals surface area contributed by atoms with Crippen LogP contribution in [0.4, 0.5) is 0 Å². The normalized spacial score (nSPS) is 16.1. The number of rotatable bonds is 5. The molecule has 2 rings (SSSR count). The number of carbonyl (C=O) groups is 1. The highest BCUT2D eigenvalue weighted by molar-refractivity contribution is 6.42. The predicted molar refractivity (Wildman–Crippen MR) is 89.8 cm³/mol. The minimum atomic E-state index is 0.00951. The van der Waals surface area contributed by atoms with Gasteiger partial charge in [-0.3, -0.25) is 9.69 Å². The third-order valence-electron chi connectivity index (χ3n) is 3.60. The van der Waals surface area contributed by atoms with E-state index in [-0.39, 0.29) is 12.5 Å². The van der Waals surface area contributed by atoms with E-state index in [1.54, 1.807) is 18.2 Å². The highest BCUT2D eigenvalue weighted by atomic mass is 35.5. The lowest BCUT2D eigenvalue weighted by molar-refractivity contribution is -0.135. The van der Waals surface area contributed by atoms with Gasteiger partial charge >= 0.3 is 0 Å². The lowest BCUT2D eigenvalue weighted by atomic mass is 10.2. The van der Waals surface area contributed by atoms with Gasteiger partial charge in [-0.2, -0.15) is 0 Å². The summed E-state index contributed by atoms with van der Waals surface area (Å²) in [4.78, 5) is 16.4. The fourth-order valence-corrected chi connectivity index (χ4v) is 2.79. The maximum absolute atomic E-state index is 12.2. The standard InChI is InChI=1S/C16H22Cl2N2O2/c1-12(2)10-19-5-7-20(8-6-19)16(21)11-22-13-3-4-14(17)15(18)9-13/h3-4,9,12H,5-8,10-11H2,1-2H3. The number of halogens is 2. The first-order valence-corrected chi connectivity index (χ1v) is 8.29. The third kappa shape index (κ3) is 5.04. The van der Waals surface area contributed by atoms with Crippen molar-refractivity contribution >= 4 is 29.1 Å². The number of hydrogen-bond donors (Lipinski definition) is 0. The van der Waals surface area contributed by atoms with Crippen LogP contribution in [0.2, 0.25) is 10.0 Å². The van der Waals surface area contributed by atoms with E-state index in [1.807, 2.05) is 4.90 Å². The largest absolute Gasteiger partial charge is 0.484 e. The summed E-state index contributed by atoms with van der Waals surface area (Å²) in [5.41, 5.74) is 0. The van der Waals surface area contributed by atoms with Crippen LogP contribution >= 0.6 is 23.2 Å².